The van der Waals surface area contributed by atoms with Gasteiger partial charge in [-0.2, -0.15) is 0 Å². The number of rotatable bonds is 7. The van der Waals surface area contributed by atoms with E-state index < -0.39 is 23.5 Å². The van der Waals surface area contributed by atoms with Gasteiger partial charge in [0.05, 0.1) is 12.2 Å². The first kappa shape index (κ1) is 25.5. The lowest BCUT2D eigenvalue weighted by Gasteiger charge is -2.27. The molecule has 35 heavy (non-hydrogen) atoms. The Morgan fingerprint density at radius 2 is 1.57 bits per heavy atom. The zero-order valence-corrected chi connectivity index (χ0v) is 20.5. The van der Waals surface area contributed by atoms with Gasteiger partial charge < -0.3 is 15.4 Å². The lowest BCUT2D eigenvalue weighted by molar-refractivity contribution is -0.153. The fraction of sp³-hybridized carbons (Fsp3) is 0.250. The lowest BCUT2D eigenvalue weighted by atomic mass is 10.0. The van der Waals surface area contributed by atoms with Gasteiger partial charge in [-0.1, -0.05) is 60.7 Å². The van der Waals surface area contributed by atoms with Gasteiger partial charge in [-0.15, -0.1) is 0 Å². The average Bonchev–Trinajstić information content (AvgIpc) is 2.80. The topological polar surface area (TPSA) is 87.7 Å². The maximum absolute atomic E-state index is 13.3. The highest BCUT2D eigenvalue weighted by Crippen LogP contribution is 2.31. The molecule has 0 heterocycles. The summed E-state index contributed by atoms with van der Waals surface area (Å²) in [7, 11) is 0. The number of ether oxygens (including phenoxy) is 1. The van der Waals surface area contributed by atoms with Crippen LogP contribution < -0.4 is 15.5 Å². The van der Waals surface area contributed by atoms with E-state index in [1.807, 2.05) is 67.6 Å². The Labute approximate surface area is 206 Å². The molecule has 0 spiro atoms. The first-order chi connectivity index (χ1) is 16.6. The SMILES string of the molecule is Cc1cccc(NC(=O)NCC(=O)N(CC(=O)OC(C)(C)C)c2ccccc2-c2ccccc2)c1. The van der Waals surface area contributed by atoms with Crippen molar-refractivity contribution in [3.63, 3.8) is 0 Å². The minimum atomic E-state index is -0.698. The van der Waals surface area contributed by atoms with E-state index in [4.69, 9.17) is 4.74 Å². The molecule has 7 nitrogen and oxygen atoms in total. The molecule has 0 saturated heterocycles. The largest absolute Gasteiger partial charge is 0.459 e. The maximum Gasteiger partial charge on any atom is 0.326 e. The molecule has 3 aromatic rings. The summed E-state index contributed by atoms with van der Waals surface area (Å²) in [6, 6.07) is 23.7. The fourth-order valence-corrected chi connectivity index (χ4v) is 3.53. The van der Waals surface area contributed by atoms with Crippen molar-refractivity contribution < 1.29 is 19.1 Å². The van der Waals surface area contributed by atoms with Crippen molar-refractivity contribution in [2.24, 2.45) is 0 Å². The van der Waals surface area contributed by atoms with Gasteiger partial charge in [-0.05, 0) is 57.0 Å². The van der Waals surface area contributed by atoms with Crippen LogP contribution in [0.25, 0.3) is 11.1 Å². The molecule has 3 rings (SSSR count). The zero-order chi connectivity index (χ0) is 25.4. The van der Waals surface area contributed by atoms with Crippen LogP contribution in [0.4, 0.5) is 16.2 Å². The first-order valence-electron chi connectivity index (χ1n) is 11.4. The number of amides is 3. The number of carbonyl (C=O) groups is 3. The summed E-state index contributed by atoms with van der Waals surface area (Å²) in [4.78, 5) is 39.8. The van der Waals surface area contributed by atoms with Gasteiger partial charge >= 0.3 is 12.0 Å². The Bertz CT molecular complexity index is 1190. The number of para-hydroxylation sites is 1. The highest BCUT2D eigenvalue weighted by molar-refractivity contribution is 6.03. The summed E-state index contributed by atoms with van der Waals surface area (Å²) < 4.78 is 5.47. The van der Waals surface area contributed by atoms with E-state index in [-0.39, 0.29) is 13.1 Å². The molecule has 0 unspecified atom stereocenters. The minimum absolute atomic E-state index is 0.291. The Balaban J connectivity index is 1.82. The van der Waals surface area contributed by atoms with Crippen LogP contribution >= 0.6 is 0 Å². The molecule has 2 N–H and O–H groups in total. The number of aryl methyl sites for hydroxylation is 1. The number of anilines is 2. The molecule has 3 aromatic carbocycles. The first-order valence-corrected chi connectivity index (χ1v) is 11.4. The van der Waals surface area contributed by atoms with E-state index in [0.717, 1.165) is 16.7 Å². The second kappa shape index (κ2) is 11.3. The Hall–Kier alpha value is -4.13. The standard InChI is InChI=1S/C28H31N3O4/c1-20-11-10-14-22(17-20)30-27(34)29-18-25(32)31(19-26(33)35-28(2,3)4)24-16-9-8-15-23(24)21-12-6-5-7-13-21/h5-17H,18-19H2,1-4H3,(H2,29,30,34). The molecule has 7 heteroatoms. The number of hydrogen-bond acceptors (Lipinski definition) is 4. The van der Waals surface area contributed by atoms with Crippen molar-refractivity contribution in [3.8, 4) is 11.1 Å². The molecule has 0 aliphatic heterocycles. The summed E-state index contributed by atoms with van der Waals surface area (Å²) in [5.41, 5.74) is 3.16. The van der Waals surface area contributed by atoms with Gasteiger partial charge in [-0.25, -0.2) is 4.79 Å². The number of urea groups is 1. The molecule has 0 radical (unpaired) electrons. The predicted molar refractivity (Wildman–Crippen MR) is 138 cm³/mol. The highest BCUT2D eigenvalue weighted by Gasteiger charge is 2.25. The Morgan fingerprint density at radius 3 is 2.26 bits per heavy atom. The fourth-order valence-electron chi connectivity index (χ4n) is 3.53. The van der Waals surface area contributed by atoms with Crippen LogP contribution in [-0.4, -0.2) is 36.6 Å². The molecule has 0 fully saturated rings. The van der Waals surface area contributed by atoms with Gasteiger partial charge in [0, 0.05) is 11.3 Å². The van der Waals surface area contributed by atoms with E-state index >= 15 is 0 Å². The van der Waals surface area contributed by atoms with E-state index in [9.17, 15) is 14.4 Å². The van der Waals surface area contributed by atoms with Crippen LogP contribution in [0, 0.1) is 6.92 Å². The number of nitrogens with one attached hydrogen (secondary N) is 2. The second-order valence-corrected chi connectivity index (χ2v) is 9.13. The molecule has 0 aliphatic carbocycles. The third kappa shape index (κ3) is 7.71. The Kier molecular flexibility index (Phi) is 8.25. The van der Waals surface area contributed by atoms with Crippen molar-refractivity contribution in [2.75, 3.05) is 23.3 Å². The van der Waals surface area contributed by atoms with Gasteiger partial charge in [0.2, 0.25) is 5.91 Å². The number of carbonyl (C=O) groups excluding carboxylic acids is 3. The number of hydrogen-bond donors (Lipinski definition) is 2. The number of benzene rings is 3. The van der Waals surface area contributed by atoms with Crippen LogP contribution in [-0.2, 0) is 14.3 Å². The number of nitrogens with zero attached hydrogens (tertiary/aromatic N) is 1. The van der Waals surface area contributed by atoms with E-state index in [1.54, 1.807) is 39.0 Å². The van der Waals surface area contributed by atoms with Crippen molar-refractivity contribution in [1.29, 1.82) is 0 Å². The molecule has 0 atom stereocenters. The number of esters is 1. The van der Waals surface area contributed by atoms with E-state index in [2.05, 4.69) is 10.6 Å². The van der Waals surface area contributed by atoms with E-state index in [0.29, 0.717) is 11.4 Å². The molecule has 0 aliphatic rings. The van der Waals surface area contributed by atoms with Crippen LogP contribution in [0.15, 0.2) is 78.9 Å². The molecular weight excluding hydrogens is 442 g/mol. The molecular formula is C28H31N3O4. The third-order valence-corrected chi connectivity index (χ3v) is 4.96. The summed E-state index contributed by atoms with van der Waals surface area (Å²) in [6.07, 6.45) is 0. The summed E-state index contributed by atoms with van der Waals surface area (Å²) in [5.74, 6) is -0.989. The normalized spacial score (nSPS) is 10.9. The van der Waals surface area contributed by atoms with Gasteiger partial charge in [0.15, 0.2) is 0 Å². The second-order valence-electron chi connectivity index (χ2n) is 9.13. The smallest absolute Gasteiger partial charge is 0.326 e. The lowest BCUT2D eigenvalue weighted by Crippen LogP contribution is -2.45. The van der Waals surface area contributed by atoms with Crippen molar-refractivity contribution in [2.45, 2.75) is 33.3 Å². The predicted octanol–water partition coefficient (Wildman–Crippen LogP) is 5.16. The minimum Gasteiger partial charge on any atom is -0.459 e. The molecule has 3 amide bonds. The van der Waals surface area contributed by atoms with Crippen molar-refractivity contribution in [3.05, 3.63) is 84.4 Å². The maximum atomic E-state index is 13.3. The van der Waals surface area contributed by atoms with Gasteiger partial charge in [0.25, 0.3) is 0 Å². The highest BCUT2D eigenvalue weighted by atomic mass is 16.6. The van der Waals surface area contributed by atoms with Crippen LogP contribution in [0.1, 0.15) is 26.3 Å². The van der Waals surface area contributed by atoms with Crippen LogP contribution in [0.3, 0.4) is 0 Å². The summed E-state index contributed by atoms with van der Waals surface area (Å²) in [6.45, 7) is 6.64. The third-order valence-electron chi connectivity index (χ3n) is 4.96. The average molecular weight is 474 g/mol. The summed E-state index contributed by atoms with van der Waals surface area (Å²) >= 11 is 0. The van der Waals surface area contributed by atoms with Crippen LogP contribution in [0.5, 0.6) is 0 Å². The van der Waals surface area contributed by atoms with Crippen molar-refractivity contribution >= 4 is 29.3 Å². The quantitative estimate of drug-likeness (QED) is 0.464. The van der Waals surface area contributed by atoms with Gasteiger partial charge in [0.1, 0.15) is 12.1 Å². The monoisotopic (exact) mass is 473 g/mol. The summed E-state index contributed by atoms with van der Waals surface area (Å²) in [5, 5.41) is 5.30. The van der Waals surface area contributed by atoms with Crippen molar-refractivity contribution in [1.82, 2.24) is 5.32 Å². The molecule has 0 aromatic heterocycles. The molecule has 0 bridgehead atoms. The van der Waals surface area contributed by atoms with Gasteiger partial charge in [-0.3, -0.25) is 14.5 Å². The Morgan fingerprint density at radius 1 is 0.886 bits per heavy atom. The zero-order valence-electron chi connectivity index (χ0n) is 20.5. The molecule has 0 saturated carbocycles. The van der Waals surface area contributed by atoms with E-state index in [1.165, 1.54) is 4.90 Å². The molecule has 182 valence electrons. The van der Waals surface area contributed by atoms with Crippen LogP contribution in [0.2, 0.25) is 0 Å².